The number of alkyl halides is 2. The Bertz CT molecular complexity index is 1340. The van der Waals surface area contributed by atoms with Crippen molar-refractivity contribution in [3.63, 3.8) is 0 Å². The Balaban J connectivity index is 1.25. The summed E-state index contributed by atoms with van der Waals surface area (Å²) in [6.07, 6.45) is -0.896. The van der Waals surface area contributed by atoms with E-state index in [1.807, 2.05) is 11.0 Å². The maximum atomic E-state index is 13.5. The van der Waals surface area contributed by atoms with Crippen molar-refractivity contribution in [2.45, 2.75) is 25.8 Å². The van der Waals surface area contributed by atoms with Crippen LogP contribution >= 0.6 is 0 Å². The first-order valence-electron chi connectivity index (χ1n) is 12.6. The van der Waals surface area contributed by atoms with Crippen molar-refractivity contribution in [1.29, 1.82) is 0 Å². The maximum Gasteiger partial charge on any atom is 0.314 e. The van der Waals surface area contributed by atoms with Gasteiger partial charge in [0.15, 0.2) is 0 Å². The van der Waals surface area contributed by atoms with Gasteiger partial charge in [-0.05, 0) is 42.7 Å². The highest BCUT2D eigenvalue weighted by atomic mass is 32.2. The van der Waals surface area contributed by atoms with Gasteiger partial charge in [0, 0.05) is 44.2 Å². The summed E-state index contributed by atoms with van der Waals surface area (Å²) in [5, 5.41) is 6.99. The van der Waals surface area contributed by atoms with Gasteiger partial charge in [0.2, 0.25) is 21.8 Å². The molecule has 0 unspecified atom stereocenters. The number of amides is 1. The molecule has 1 saturated heterocycles. The van der Waals surface area contributed by atoms with Gasteiger partial charge in [0.1, 0.15) is 0 Å². The molecule has 12 heteroatoms. The zero-order valence-corrected chi connectivity index (χ0v) is 21.6. The third kappa shape index (κ3) is 6.18. The van der Waals surface area contributed by atoms with Crippen LogP contribution in [0.2, 0.25) is 0 Å². The van der Waals surface area contributed by atoms with Crippen molar-refractivity contribution >= 4 is 21.6 Å². The van der Waals surface area contributed by atoms with Crippen molar-refractivity contribution in [3.8, 4) is 11.5 Å². The molecule has 0 atom stereocenters. The highest BCUT2D eigenvalue weighted by Gasteiger charge is 2.35. The van der Waals surface area contributed by atoms with Crippen LogP contribution in [0.3, 0.4) is 0 Å². The molecule has 2 fully saturated rings. The molecule has 5 rings (SSSR count). The number of carbonyl (C=O) groups is 1. The molecule has 3 aromatic rings. The Morgan fingerprint density at radius 3 is 2.29 bits per heavy atom. The molecule has 38 heavy (non-hydrogen) atoms. The molecular formula is C26H29F2N5O4S. The number of halogens is 2. The number of hydrogen-bond acceptors (Lipinski definition) is 7. The van der Waals surface area contributed by atoms with Gasteiger partial charge in [0.25, 0.3) is 5.89 Å². The lowest BCUT2D eigenvalue weighted by molar-refractivity contribution is -0.134. The Hall–Kier alpha value is -3.38. The first kappa shape index (κ1) is 26.2. The minimum absolute atomic E-state index is 0.0293. The van der Waals surface area contributed by atoms with E-state index in [2.05, 4.69) is 15.1 Å². The fraction of sp³-hybridized carbons (Fsp3) is 0.423. The van der Waals surface area contributed by atoms with E-state index >= 15 is 0 Å². The summed E-state index contributed by atoms with van der Waals surface area (Å²) in [5.41, 5.74) is 1.72. The van der Waals surface area contributed by atoms with Gasteiger partial charge in [-0.3, -0.25) is 14.0 Å². The van der Waals surface area contributed by atoms with Crippen LogP contribution in [0.4, 0.5) is 14.5 Å². The molecule has 1 aromatic heterocycles. The Labute approximate surface area is 220 Å². The van der Waals surface area contributed by atoms with Gasteiger partial charge in [0.05, 0.1) is 18.0 Å². The van der Waals surface area contributed by atoms with Crippen molar-refractivity contribution < 1.29 is 26.4 Å². The lowest BCUT2D eigenvalue weighted by Gasteiger charge is -2.35. The second-order valence-corrected chi connectivity index (χ2v) is 11.6. The van der Waals surface area contributed by atoms with Crippen molar-refractivity contribution in [1.82, 2.24) is 20.0 Å². The molecule has 202 valence electrons. The van der Waals surface area contributed by atoms with Gasteiger partial charge in [-0.25, -0.2) is 8.42 Å². The van der Waals surface area contributed by atoms with Gasteiger partial charge < -0.3 is 9.32 Å². The van der Waals surface area contributed by atoms with Crippen LogP contribution in [0.15, 0.2) is 59.0 Å². The Kier molecular flexibility index (Phi) is 7.70. The van der Waals surface area contributed by atoms with Crippen molar-refractivity contribution in [3.05, 3.63) is 66.1 Å². The molecule has 0 radical (unpaired) electrons. The second-order valence-electron chi connectivity index (χ2n) is 9.54. The van der Waals surface area contributed by atoms with Gasteiger partial charge in [-0.2, -0.15) is 8.78 Å². The van der Waals surface area contributed by atoms with E-state index in [1.54, 1.807) is 48.5 Å². The number of aromatic nitrogens is 2. The van der Waals surface area contributed by atoms with Crippen molar-refractivity contribution in [2.24, 2.45) is 5.92 Å². The van der Waals surface area contributed by atoms with Gasteiger partial charge in [-0.15, -0.1) is 10.2 Å². The molecule has 1 aliphatic carbocycles. The van der Waals surface area contributed by atoms with Gasteiger partial charge >= 0.3 is 6.43 Å². The van der Waals surface area contributed by atoms with Gasteiger partial charge in [-0.1, -0.05) is 30.3 Å². The number of hydrogen-bond donors (Lipinski definition) is 0. The Morgan fingerprint density at radius 2 is 1.68 bits per heavy atom. The Morgan fingerprint density at radius 1 is 1.00 bits per heavy atom. The van der Waals surface area contributed by atoms with Crippen LogP contribution in [-0.2, 0) is 21.4 Å². The highest BCUT2D eigenvalue weighted by Crippen LogP contribution is 2.31. The summed E-state index contributed by atoms with van der Waals surface area (Å²) >= 11 is 0. The molecule has 0 bridgehead atoms. The standard InChI is InChI=1S/C26H29F2N5O4S/c27-23(28)25-30-29-24(37-25)20-8-6-19(7-9-20)18-33(22-4-2-1-3-5-22)38(35,36)17-16-31-12-14-32(15-13-31)26(34)21-10-11-21/h1-9,21,23H,10-18H2. The molecular weight excluding hydrogens is 516 g/mol. The summed E-state index contributed by atoms with van der Waals surface area (Å²) in [6, 6.07) is 15.6. The van der Waals surface area contributed by atoms with E-state index in [4.69, 9.17) is 4.42 Å². The topological polar surface area (TPSA) is 99.9 Å². The molecule has 0 N–H and O–H groups in total. The van der Waals surface area contributed by atoms with Crippen LogP contribution < -0.4 is 4.31 Å². The lowest BCUT2D eigenvalue weighted by atomic mass is 10.1. The molecule has 1 aliphatic heterocycles. The summed E-state index contributed by atoms with van der Waals surface area (Å²) in [6.45, 7) is 3.04. The number of benzene rings is 2. The van der Waals surface area contributed by atoms with Crippen LogP contribution in [0.1, 0.15) is 30.7 Å². The number of rotatable bonds is 10. The third-order valence-corrected chi connectivity index (χ3v) is 8.52. The minimum Gasteiger partial charge on any atom is -0.415 e. The lowest BCUT2D eigenvalue weighted by Crippen LogP contribution is -2.50. The summed E-state index contributed by atoms with van der Waals surface area (Å²) in [5.74, 6) is -0.418. The average molecular weight is 546 g/mol. The number of para-hydroxylation sites is 1. The highest BCUT2D eigenvalue weighted by molar-refractivity contribution is 7.92. The molecule has 2 aliphatic rings. The summed E-state index contributed by atoms with van der Waals surface area (Å²) in [7, 11) is -3.69. The number of anilines is 1. The normalized spacial score (nSPS) is 16.7. The predicted octanol–water partition coefficient (Wildman–Crippen LogP) is 3.56. The third-order valence-electron chi connectivity index (χ3n) is 6.81. The van der Waals surface area contributed by atoms with E-state index in [1.165, 1.54) is 4.31 Å². The molecule has 2 aromatic carbocycles. The number of piperazine rings is 1. The van der Waals surface area contributed by atoms with Crippen LogP contribution in [0, 0.1) is 5.92 Å². The second kappa shape index (κ2) is 11.2. The number of carbonyl (C=O) groups excluding carboxylic acids is 1. The van der Waals surface area contributed by atoms with E-state index in [9.17, 15) is 22.0 Å². The molecule has 2 heterocycles. The summed E-state index contributed by atoms with van der Waals surface area (Å²) < 4.78 is 59.0. The largest absolute Gasteiger partial charge is 0.415 e. The summed E-state index contributed by atoms with van der Waals surface area (Å²) in [4.78, 5) is 16.3. The minimum atomic E-state index is -3.69. The smallest absolute Gasteiger partial charge is 0.314 e. The molecule has 1 amide bonds. The van der Waals surface area contributed by atoms with E-state index in [0.717, 1.165) is 12.8 Å². The average Bonchev–Trinajstić information content (AvgIpc) is 3.66. The quantitative estimate of drug-likeness (QED) is 0.384. The van der Waals surface area contributed by atoms with E-state index in [-0.39, 0.29) is 30.0 Å². The first-order valence-corrected chi connectivity index (χ1v) is 14.2. The predicted molar refractivity (Wildman–Crippen MR) is 137 cm³/mol. The SMILES string of the molecule is O=C(C1CC1)N1CCN(CCS(=O)(=O)N(Cc2ccc(-c3nnc(C(F)F)o3)cc2)c2ccccc2)CC1. The van der Waals surface area contributed by atoms with E-state index < -0.39 is 22.3 Å². The maximum absolute atomic E-state index is 13.5. The van der Waals surface area contributed by atoms with Crippen LogP contribution in [-0.4, -0.2) is 72.8 Å². The zero-order valence-electron chi connectivity index (χ0n) is 20.7. The molecule has 0 spiro atoms. The molecule has 9 nitrogen and oxygen atoms in total. The zero-order chi connectivity index (χ0) is 26.7. The monoisotopic (exact) mass is 545 g/mol. The fourth-order valence-corrected chi connectivity index (χ4v) is 5.94. The number of nitrogens with zero attached hydrogens (tertiary/aromatic N) is 5. The van der Waals surface area contributed by atoms with E-state index in [0.29, 0.717) is 49.5 Å². The van der Waals surface area contributed by atoms with Crippen LogP contribution in [0.25, 0.3) is 11.5 Å². The van der Waals surface area contributed by atoms with Crippen molar-refractivity contribution in [2.75, 3.05) is 42.8 Å². The number of sulfonamides is 1. The first-order chi connectivity index (χ1) is 18.3. The molecule has 1 saturated carbocycles. The van der Waals surface area contributed by atoms with Crippen LogP contribution in [0.5, 0.6) is 0 Å². The fourth-order valence-electron chi connectivity index (χ4n) is 4.44.